The van der Waals surface area contributed by atoms with Crippen LogP contribution < -0.4 is 11.2 Å². The van der Waals surface area contributed by atoms with E-state index in [0.717, 1.165) is 27.8 Å². The van der Waals surface area contributed by atoms with Crippen molar-refractivity contribution >= 4 is 22.5 Å². The topological polar surface area (TPSA) is 71.0 Å². The zero-order valence-electron chi connectivity index (χ0n) is 21.8. The summed E-state index contributed by atoms with van der Waals surface area (Å²) in [5.74, 6) is 0.300. The van der Waals surface area contributed by atoms with Crippen molar-refractivity contribution in [2.24, 2.45) is 0 Å². The van der Waals surface area contributed by atoms with Crippen LogP contribution in [0.2, 0.25) is 5.02 Å². The molecule has 0 aliphatic heterocycles. The molecule has 188 valence electrons. The van der Waals surface area contributed by atoms with Crippen LogP contribution in [0.4, 0.5) is 0 Å². The molecule has 6 heteroatoms. The number of hydrogen-bond acceptors (Lipinski definition) is 3. The molecule has 1 heterocycles. The van der Waals surface area contributed by atoms with E-state index >= 15 is 0 Å². The summed E-state index contributed by atoms with van der Waals surface area (Å²) in [7, 11) is 0. The number of aromatic nitrogens is 2. The van der Waals surface area contributed by atoms with Crippen LogP contribution in [0, 0.1) is 5.41 Å². The first kappa shape index (κ1) is 25.8. The quantitative estimate of drug-likeness (QED) is 0.341. The standard InChI is InChI=1S/C30H34ClN3O2/c1-29(2,3)23-15-20(16-24(26(23)35)30(4,5)6)18-34-27(36)22-9-7-8-10-25(22)33(28(34)32)17-19-11-13-21(31)14-12-19/h7-16,32,35H,17-18H2,1-6H3. The fraction of sp³-hybridized carbons (Fsp3) is 0.333. The van der Waals surface area contributed by atoms with Crippen molar-refractivity contribution < 1.29 is 5.11 Å². The number of rotatable bonds is 4. The SMILES string of the molecule is CC(C)(C)c1cc(Cn2c(=O)c3ccccc3n(Cc3ccc(Cl)cc3)c2=N)cc(C(C)(C)C)c1O. The lowest BCUT2D eigenvalue weighted by Gasteiger charge is -2.28. The van der Waals surface area contributed by atoms with E-state index in [2.05, 4.69) is 41.5 Å². The number of fused-ring (bicyclic) bond motifs is 1. The number of hydrogen-bond donors (Lipinski definition) is 2. The molecule has 0 aliphatic rings. The third-order valence-electron chi connectivity index (χ3n) is 6.56. The molecule has 1 aromatic heterocycles. The minimum Gasteiger partial charge on any atom is -0.507 e. The second kappa shape index (κ2) is 9.29. The number of halogens is 1. The summed E-state index contributed by atoms with van der Waals surface area (Å²) in [6, 6.07) is 18.9. The van der Waals surface area contributed by atoms with Gasteiger partial charge in [0.25, 0.3) is 5.56 Å². The van der Waals surface area contributed by atoms with E-state index < -0.39 is 0 Å². The Kier molecular flexibility index (Phi) is 6.65. The van der Waals surface area contributed by atoms with E-state index in [-0.39, 0.29) is 28.6 Å². The largest absolute Gasteiger partial charge is 0.507 e. The van der Waals surface area contributed by atoms with Crippen molar-refractivity contribution in [3.63, 3.8) is 0 Å². The van der Waals surface area contributed by atoms with Crippen molar-refractivity contribution in [2.75, 3.05) is 0 Å². The molecule has 0 aliphatic carbocycles. The van der Waals surface area contributed by atoms with Gasteiger partial charge in [-0.2, -0.15) is 0 Å². The van der Waals surface area contributed by atoms with Crippen LogP contribution in [-0.4, -0.2) is 14.2 Å². The van der Waals surface area contributed by atoms with E-state index in [1.807, 2.05) is 65.2 Å². The lowest BCUT2D eigenvalue weighted by atomic mass is 9.78. The number of phenols is 1. The van der Waals surface area contributed by atoms with Gasteiger partial charge in [0.1, 0.15) is 5.75 Å². The maximum Gasteiger partial charge on any atom is 0.263 e. The van der Waals surface area contributed by atoms with Crippen LogP contribution in [0.25, 0.3) is 10.9 Å². The summed E-state index contributed by atoms with van der Waals surface area (Å²) < 4.78 is 3.37. The van der Waals surface area contributed by atoms with Crippen molar-refractivity contribution in [3.8, 4) is 5.75 Å². The highest BCUT2D eigenvalue weighted by Gasteiger charge is 2.27. The highest BCUT2D eigenvalue weighted by molar-refractivity contribution is 6.30. The van der Waals surface area contributed by atoms with Gasteiger partial charge in [-0.05, 0) is 69.5 Å². The summed E-state index contributed by atoms with van der Waals surface area (Å²) in [6.07, 6.45) is 0. The van der Waals surface area contributed by atoms with Gasteiger partial charge in [0.2, 0.25) is 5.62 Å². The monoisotopic (exact) mass is 503 g/mol. The van der Waals surface area contributed by atoms with Gasteiger partial charge in [-0.1, -0.05) is 77.4 Å². The van der Waals surface area contributed by atoms with Crippen molar-refractivity contribution in [1.82, 2.24) is 9.13 Å². The van der Waals surface area contributed by atoms with Crippen LogP contribution in [-0.2, 0) is 23.9 Å². The molecule has 0 fully saturated rings. The second-order valence-corrected chi connectivity index (χ2v) is 11.9. The number of nitrogens with zero attached hydrogens (tertiary/aromatic N) is 2. The first-order chi connectivity index (χ1) is 16.8. The normalized spacial score (nSPS) is 12.3. The van der Waals surface area contributed by atoms with Gasteiger partial charge in [0, 0.05) is 5.02 Å². The first-order valence-corrected chi connectivity index (χ1v) is 12.5. The second-order valence-electron chi connectivity index (χ2n) is 11.5. The molecular weight excluding hydrogens is 470 g/mol. The Morgan fingerprint density at radius 3 is 1.89 bits per heavy atom. The van der Waals surface area contributed by atoms with E-state index in [1.54, 1.807) is 0 Å². The summed E-state index contributed by atoms with van der Waals surface area (Å²) in [5, 5.41) is 21.4. The van der Waals surface area contributed by atoms with E-state index in [1.165, 1.54) is 4.57 Å². The fourth-order valence-electron chi connectivity index (χ4n) is 4.58. The van der Waals surface area contributed by atoms with Gasteiger partial charge in [-0.3, -0.25) is 14.8 Å². The average Bonchev–Trinajstić information content (AvgIpc) is 2.80. The number of para-hydroxylation sites is 1. The molecule has 0 radical (unpaired) electrons. The number of aromatic hydroxyl groups is 1. The molecule has 2 N–H and O–H groups in total. The first-order valence-electron chi connectivity index (χ1n) is 12.2. The average molecular weight is 504 g/mol. The molecule has 5 nitrogen and oxygen atoms in total. The number of nitrogens with one attached hydrogen (secondary N) is 1. The summed E-state index contributed by atoms with van der Waals surface area (Å²) in [4.78, 5) is 13.6. The fourth-order valence-corrected chi connectivity index (χ4v) is 4.71. The lowest BCUT2D eigenvalue weighted by molar-refractivity contribution is 0.422. The molecule has 0 atom stereocenters. The van der Waals surface area contributed by atoms with Gasteiger partial charge in [-0.15, -0.1) is 0 Å². The molecule has 0 amide bonds. The smallest absolute Gasteiger partial charge is 0.263 e. The van der Waals surface area contributed by atoms with Crippen LogP contribution in [0.3, 0.4) is 0 Å². The summed E-state index contributed by atoms with van der Waals surface area (Å²) >= 11 is 6.07. The van der Waals surface area contributed by atoms with Gasteiger partial charge < -0.3 is 9.67 Å². The molecular formula is C30H34ClN3O2. The maximum absolute atomic E-state index is 13.6. The molecule has 0 saturated heterocycles. The minimum atomic E-state index is -0.285. The van der Waals surface area contributed by atoms with E-state index in [0.29, 0.717) is 22.7 Å². The predicted octanol–water partition coefficient (Wildman–Crippen LogP) is 6.33. The zero-order chi connectivity index (χ0) is 26.4. The molecule has 0 saturated carbocycles. The Labute approximate surface area is 217 Å². The molecule has 0 spiro atoms. The Balaban J connectivity index is 1.93. The van der Waals surface area contributed by atoms with Crippen molar-refractivity contribution in [2.45, 2.75) is 65.5 Å². The Morgan fingerprint density at radius 1 is 0.806 bits per heavy atom. The van der Waals surface area contributed by atoms with Gasteiger partial charge in [0.05, 0.1) is 24.0 Å². The number of phenolic OH excluding ortho intramolecular Hbond substituents is 1. The summed E-state index contributed by atoms with van der Waals surface area (Å²) in [5.41, 5.74) is 3.60. The predicted molar refractivity (Wildman–Crippen MR) is 147 cm³/mol. The molecule has 3 aromatic carbocycles. The van der Waals surface area contributed by atoms with Gasteiger partial charge >= 0.3 is 0 Å². The van der Waals surface area contributed by atoms with Crippen molar-refractivity contribution in [3.05, 3.63) is 104 Å². The third-order valence-corrected chi connectivity index (χ3v) is 6.81. The maximum atomic E-state index is 13.6. The van der Waals surface area contributed by atoms with E-state index in [4.69, 9.17) is 17.0 Å². The Bertz CT molecular complexity index is 1510. The highest BCUT2D eigenvalue weighted by Crippen LogP contribution is 2.39. The highest BCUT2D eigenvalue weighted by atomic mass is 35.5. The van der Waals surface area contributed by atoms with Gasteiger partial charge in [0.15, 0.2) is 0 Å². The molecule has 36 heavy (non-hydrogen) atoms. The van der Waals surface area contributed by atoms with E-state index in [9.17, 15) is 9.90 Å². The van der Waals surface area contributed by atoms with Gasteiger partial charge in [-0.25, -0.2) is 0 Å². The molecule has 4 rings (SSSR count). The third kappa shape index (κ3) is 4.98. The molecule has 4 aromatic rings. The molecule has 0 unspecified atom stereocenters. The van der Waals surface area contributed by atoms with Crippen LogP contribution in [0.15, 0.2) is 65.5 Å². The Morgan fingerprint density at radius 2 is 1.33 bits per heavy atom. The number of benzene rings is 3. The van der Waals surface area contributed by atoms with Crippen LogP contribution in [0.5, 0.6) is 5.75 Å². The summed E-state index contributed by atoms with van der Waals surface area (Å²) in [6.45, 7) is 13.1. The Hall–Kier alpha value is -3.31. The molecule has 0 bridgehead atoms. The minimum absolute atomic E-state index is 0.122. The van der Waals surface area contributed by atoms with Crippen molar-refractivity contribution in [1.29, 1.82) is 5.41 Å². The van der Waals surface area contributed by atoms with Crippen LogP contribution in [0.1, 0.15) is 63.8 Å². The van der Waals surface area contributed by atoms with Crippen LogP contribution >= 0.6 is 11.6 Å². The lowest BCUT2D eigenvalue weighted by Crippen LogP contribution is -2.40. The zero-order valence-corrected chi connectivity index (χ0v) is 22.6.